The van der Waals surface area contributed by atoms with Gasteiger partial charge in [0.2, 0.25) is 0 Å². The van der Waals surface area contributed by atoms with Gasteiger partial charge in [0.05, 0.1) is 33.6 Å². The maximum absolute atomic E-state index is 12.1. The van der Waals surface area contributed by atoms with Gasteiger partial charge in [0.15, 0.2) is 0 Å². The number of fused-ring (bicyclic) bond motifs is 1. The zero-order valence-corrected chi connectivity index (χ0v) is 21.0. The van der Waals surface area contributed by atoms with E-state index in [1.54, 1.807) is 24.5 Å². The molecule has 0 saturated carbocycles. The number of carbonyl (C=O) groups excluding carboxylic acids is 1. The van der Waals surface area contributed by atoms with Gasteiger partial charge in [-0.1, -0.05) is 24.3 Å². The van der Waals surface area contributed by atoms with Crippen LogP contribution in [-0.4, -0.2) is 32.5 Å². The Morgan fingerprint density at radius 2 is 1.92 bits per heavy atom. The Hall–Kier alpha value is -4.17. The summed E-state index contributed by atoms with van der Waals surface area (Å²) < 4.78 is 6.24. The van der Waals surface area contributed by atoms with Crippen molar-refractivity contribution in [1.29, 1.82) is 0 Å². The van der Waals surface area contributed by atoms with Crippen molar-refractivity contribution in [1.82, 2.24) is 19.9 Å². The molecule has 1 unspecified atom stereocenters. The van der Waals surface area contributed by atoms with Crippen LogP contribution in [0, 0.1) is 6.92 Å². The lowest BCUT2D eigenvalue weighted by molar-refractivity contribution is 0.0526. The Labute approximate surface area is 213 Å². The van der Waals surface area contributed by atoms with Gasteiger partial charge in [-0.2, -0.15) is 0 Å². The molecule has 0 aliphatic carbocycles. The van der Waals surface area contributed by atoms with Crippen molar-refractivity contribution in [3.63, 3.8) is 0 Å². The number of nitrogens with zero attached hydrogens (tertiary/aromatic N) is 4. The fourth-order valence-electron chi connectivity index (χ4n) is 4.02. The minimum Gasteiger partial charge on any atom is -0.462 e. The van der Waals surface area contributed by atoms with E-state index in [-0.39, 0.29) is 12.0 Å². The molecule has 3 heterocycles. The Kier molecular flexibility index (Phi) is 6.69. The molecule has 7 nitrogen and oxygen atoms in total. The van der Waals surface area contributed by atoms with Crippen LogP contribution in [0.1, 0.15) is 41.6 Å². The number of aromatic nitrogens is 4. The summed E-state index contributed by atoms with van der Waals surface area (Å²) in [6, 6.07) is 18.1. The molecule has 5 rings (SSSR count). The number of carbonyl (C=O) groups is 1. The van der Waals surface area contributed by atoms with Gasteiger partial charge >= 0.3 is 5.97 Å². The van der Waals surface area contributed by atoms with E-state index < -0.39 is 0 Å². The second-order valence-corrected chi connectivity index (χ2v) is 9.28. The Morgan fingerprint density at radius 1 is 1.03 bits per heavy atom. The number of hydrogen-bond donors (Lipinski definition) is 1. The first-order chi connectivity index (χ1) is 17.5. The van der Waals surface area contributed by atoms with Gasteiger partial charge in [-0.3, -0.25) is 4.98 Å². The summed E-state index contributed by atoms with van der Waals surface area (Å²) >= 11 is 1.62. The lowest BCUT2D eigenvalue weighted by atomic mass is 10.0. The summed E-state index contributed by atoms with van der Waals surface area (Å²) in [6.45, 7) is 6.10. The number of hydrogen-bond acceptors (Lipinski definition) is 8. The van der Waals surface area contributed by atoms with E-state index in [0.717, 1.165) is 44.0 Å². The molecule has 3 aromatic heterocycles. The van der Waals surface area contributed by atoms with Gasteiger partial charge in [-0.15, -0.1) is 11.3 Å². The number of pyridine rings is 1. The molecule has 0 aliphatic rings. The topological polar surface area (TPSA) is 89.9 Å². The largest absolute Gasteiger partial charge is 0.462 e. The average Bonchev–Trinajstić information content (AvgIpc) is 3.37. The summed E-state index contributed by atoms with van der Waals surface area (Å²) in [5, 5.41) is 3.52. The summed E-state index contributed by atoms with van der Waals surface area (Å²) in [6.07, 6.45) is 3.27. The van der Waals surface area contributed by atoms with E-state index in [2.05, 4.69) is 50.4 Å². The Morgan fingerprint density at radius 3 is 2.78 bits per heavy atom. The maximum Gasteiger partial charge on any atom is 0.339 e. The number of nitrogens with one attached hydrogen (secondary N) is 1. The third kappa shape index (κ3) is 5.08. The van der Waals surface area contributed by atoms with Gasteiger partial charge < -0.3 is 10.1 Å². The van der Waals surface area contributed by atoms with Crippen molar-refractivity contribution in [2.75, 3.05) is 11.9 Å². The van der Waals surface area contributed by atoms with Gasteiger partial charge in [0.25, 0.3) is 0 Å². The van der Waals surface area contributed by atoms with Crippen LogP contribution in [0.5, 0.6) is 0 Å². The zero-order chi connectivity index (χ0) is 25.1. The average molecular weight is 496 g/mol. The quantitative estimate of drug-likeness (QED) is 0.259. The molecule has 1 atom stereocenters. The number of ether oxygens (including phenoxy) is 1. The first-order valence-corrected chi connectivity index (χ1v) is 12.6. The van der Waals surface area contributed by atoms with E-state index in [0.29, 0.717) is 18.0 Å². The van der Waals surface area contributed by atoms with Crippen molar-refractivity contribution in [3.8, 4) is 22.4 Å². The molecule has 0 fully saturated rings. The monoisotopic (exact) mass is 495 g/mol. The van der Waals surface area contributed by atoms with Crippen LogP contribution in [-0.2, 0) is 4.74 Å². The molecule has 0 radical (unpaired) electrons. The number of esters is 1. The molecule has 8 heteroatoms. The molecule has 0 saturated heterocycles. The standard InChI is InChI=1S/C28H25N5O2S/c1-4-35-28(34)23-11-22(14-29-15-23)20-7-5-6-19(10-20)17(2)31-27-13-25(32-18(3)33-27)21-8-9-24-26(12-21)36-16-30-24/h5-17H,4H2,1-3H3,(H,31,32,33). The second-order valence-electron chi connectivity index (χ2n) is 8.39. The molecule has 180 valence electrons. The predicted octanol–water partition coefficient (Wildman–Crippen LogP) is 6.47. The molecule has 2 aromatic carbocycles. The van der Waals surface area contributed by atoms with Crippen LogP contribution in [0.25, 0.3) is 32.6 Å². The van der Waals surface area contributed by atoms with Crippen LogP contribution in [0.2, 0.25) is 0 Å². The summed E-state index contributed by atoms with van der Waals surface area (Å²) in [4.78, 5) is 30.0. The Bertz CT molecular complexity index is 1550. The van der Waals surface area contributed by atoms with Gasteiger partial charge in [-0.25, -0.2) is 19.7 Å². The van der Waals surface area contributed by atoms with E-state index in [1.165, 1.54) is 6.20 Å². The number of thiazole rings is 1. The van der Waals surface area contributed by atoms with Crippen molar-refractivity contribution in [2.45, 2.75) is 26.8 Å². The van der Waals surface area contributed by atoms with Crippen LogP contribution in [0.4, 0.5) is 5.82 Å². The van der Waals surface area contributed by atoms with Gasteiger partial charge in [0, 0.05) is 35.6 Å². The molecular formula is C28H25N5O2S. The highest BCUT2D eigenvalue weighted by Crippen LogP contribution is 2.29. The zero-order valence-electron chi connectivity index (χ0n) is 20.2. The molecule has 0 bridgehead atoms. The summed E-state index contributed by atoms with van der Waals surface area (Å²) in [5.74, 6) is 1.08. The minimum absolute atomic E-state index is 0.0164. The van der Waals surface area contributed by atoms with Gasteiger partial charge in [-0.05, 0) is 56.2 Å². The normalized spacial score (nSPS) is 11.9. The van der Waals surface area contributed by atoms with Gasteiger partial charge in [0.1, 0.15) is 11.6 Å². The second kappa shape index (κ2) is 10.2. The molecule has 36 heavy (non-hydrogen) atoms. The smallest absolute Gasteiger partial charge is 0.339 e. The summed E-state index contributed by atoms with van der Waals surface area (Å²) in [5.41, 5.74) is 8.08. The van der Waals surface area contributed by atoms with E-state index in [4.69, 9.17) is 4.74 Å². The van der Waals surface area contributed by atoms with E-state index in [1.807, 2.05) is 48.8 Å². The molecule has 5 aromatic rings. The van der Waals surface area contributed by atoms with Crippen molar-refractivity contribution < 1.29 is 9.53 Å². The number of benzene rings is 2. The van der Waals surface area contributed by atoms with Crippen LogP contribution in [0.15, 0.2) is 72.5 Å². The number of aryl methyl sites for hydroxylation is 1. The van der Waals surface area contributed by atoms with Crippen LogP contribution >= 0.6 is 11.3 Å². The highest BCUT2D eigenvalue weighted by Gasteiger charge is 2.13. The first-order valence-electron chi connectivity index (χ1n) is 11.7. The molecular weight excluding hydrogens is 470 g/mol. The van der Waals surface area contributed by atoms with E-state index >= 15 is 0 Å². The highest BCUT2D eigenvalue weighted by atomic mass is 32.1. The third-order valence-corrected chi connectivity index (χ3v) is 6.59. The molecule has 0 aliphatic heterocycles. The van der Waals surface area contributed by atoms with E-state index in [9.17, 15) is 4.79 Å². The SMILES string of the molecule is CCOC(=O)c1cncc(-c2cccc(C(C)Nc3cc(-c4ccc5ncsc5c4)nc(C)n3)c2)c1. The fourth-order valence-corrected chi connectivity index (χ4v) is 4.74. The predicted molar refractivity (Wildman–Crippen MR) is 143 cm³/mol. The first kappa shape index (κ1) is 23.6. The minimum atomic E-state index is -0.373. The van der Waals surface area contributed by atoms with Crippen molar-refractivity contribution in [3.05, 3.63) is 89.5 Å². The molecule has 1 N–H and O–H groups in total. The molecule has 0 amide bonds. The summed E-state index contributed by atoms with van der Waals surface area (Å²) in [7, 11) is 0. The lowest BCUT2D eigenvalue weighted by Gasteiger charge is -2.17. The fraction of sp³-hybridized carbons (Fsp3) is 0.179. The lowest BCUT2D eigenvalue weighted by Crippen LogP contribution is -2.09. The molecule has 0 spiro atoms. The van der Waals surface area contributed by atoms with Crippen LogP contribution < -0.4 is 5.32 Å². The number of anilines is 1. The van der Waals surface area contributed by atoms with Crippen molar-refractivity contribution >= 4 is 33.3 Å². The Balaban J connectivity index is 1.39. The highest BCUT2D eigenvalue weighted by molar-refractivity contribution is 7.16. The number of rotatable bonds is 7. The van der Waals surface area contributed by atoms with Crippen LogP contribution in [0.3, 0.4) is 0 Å². The van der Waals surface area contributed by atoms with Crippen molar-refractivity contribution in [2.24, 2.45) is 0 Å². The maximum atomic E-state index is 12.1. The third-order valence-electron chi connectivity index (χ3n) is 5.80.